The van der Waals surface area contributed by atoms with Gasteiger partial charge in [-0.3, -0.25) is 0 Å². The molecule has 0 spiro atoms. The summed E-state index contributed by atoms with van der Waals surface area (Å²) in [6.45, 7) is 5.59. The van der Waals surface area contributed by atoms with Crippen LogP contribution in [0, 0.1) is 5.41 Å². The lowest BCUT2D eigenvalue weighted by atomic mass is 9.77. The third-order valence-electron chi connectivity index (χ3n) is 2.86. The molecule has 0 aromatic heterocycles. The average Bonchev–Trinajstić information content (AvgIpc) is 2.03. The highest BCUT2D eigenvalue weighted by Crippen LogP contribution is 2.30. The second-order valence-corrected chi connectivity index (χ2v) is 4.69. The van der Waals surface area contributed by atoms with Gasteiger partial charge in [-0.05, 0) is 18.9 Å². The highest BCUT2D eigenvalue weighted by molar-refractivity contribution is 5.17. The smallest absolute Gasteiger partial charge is 0.116 e. The van der Waals surface area contributed by atoms with Gasteiger partial charge in [-0.25, -0.2) is 0 Å². The number of rotatable bonds is 3. The molecule has 2 heteroatoms. The van der Waals surface area contributed by atoms with Crippen molar-refractivity contribution in [2.24, 2.45) is 11.1 Å². The minimum atomic E-state index is -1.15. The molecule has 0 amide bonds. The molecule has 0 aliphatic carbocycles. The van der Waals surface area contributed by atoms with Crippen molar-refractivity contribution in [2.45, 2.75) is 32.9 Å². The predicted molar refractivity (Wildman–Crippen MR) is 58.7 cm³/mol. The van der Waals surface area contributed by atoms with E-state index < -0.39 is 5.72 Å². The molecule has 0 radical (unpaired) electrons. The monoisotopic (exact) mass is 193 g/mol. The fourth-order valence-corrected chi connectivity index (χ4v) is 1.29. The van der Waals surface area contributed by atoms with Gasteiger partial charge < -0.3 is 10.8 Å². The van der Waals surface area contributed by atoms with Gasteiger partial charge in [0.15, 0.2) is 0 Å². The highest BCUT2D eigenvalue weighted by atomic mass is 16.3. The van der Waals surface area contributed by atoms with Gasteiger partial charge in [0.25, 0.3) is 0 Å². The molecule has 1 unspecified atom stereocenters. The van der Waals surface area contributed by atoms with E-state index in [-0.39, 0.29) is 5.41 Å². The van der Waals surface area contributed by atoms with Crippen molar-refractivity contribution >= 4 is 0 Å². The lowest BCUT2D eigenvalue weighted by Gasteiger charge is -2.37. The van der Waals surface area contributed by atoms with Crippen LogP contribution in [0.5, 0.6) is 0 Å². The molecule has 1 aromatic carbocycles. The van der Waals surface area contributed by atoms with Crippen molar-refractivity contribution in [1.82, 2.24) is 0 Å². The first-order chi connectivity index (χ1) is 6.33. The van der Waals surface area contributed by atoms with Crippen molar-refractivity contribution in [2.75, 3.05) is 0 Å². The van der Waals surface area contributed by atoms with Crippen LogP contribution in [0.15, 0.2) is 30.3 Å². The van der Waals surface area contributed by atoms with Crippen LogP contribution in [0.2, 0.25) is 0 Å². The Morgan fingerprint density at radius 2 is 1.64 bits per heavy atom. The molecule has 0 heterocycles. The van der Waals surface area contributed by atoms with Crippen LogP contribution in [0.1, 0.15) is 26.3 Å². The van der Waals surface area contributed by atoms with Crippen LogP contribution in [0.4, 0.5) is 0 Å². The summed E-state index contributed by atoms with van der Waals surface area (Å²) in [4.78, 5) is 0. The van der Waals surface area contributed by atoms with E-state index in [9.17, 15) is 5.11 Å². The minimum absolute atomic E-state index is 0.325. The summed E-state index contributed by atoms with van der Waals surface area (Å²) in [7, 11) is 0. The molecule has 2 nitrogen and oxygen atoms in total. The zero-order valence-corrected chi connectivity index (χ0v) is 9.12. The molecule has 0 bridgehead atoms. The van der Waals surface area contributed by atoms with E-state index in [0.29, 0.717) is 0 Å². The standard InChI is InChI=1S/C12H19NO/c1-11(2,12(3,13)14)9-10-7-5-4-6-8-10/h4-8,14H,9,13H2,1-3H3. The van der Waals surface area contributed by atoms with E-state index in [2.05, 4.69) is 0 Å². The Hall–Kier alpha value is -0.860. The summed E-state index contributed by atoms with van der Waals surface area (Å²) in [5.74, 6) is 0. The molecule has 0 fully saturated rings. The first-order valence-electron chi connectivity index (χ1n) is 4.88. The van der Waals surface area contributed by atoms with Crippen LogP contribution in [-0.4, -0.2) is 10.8 Å². The maximum atomic E-state index is 9.78. The van der Waals surface area contributed by atoms with Gasteiger partial charge in [-0.2, -0.15) is 0 Å². The first kappa shape index (κ1) is 11.2. The molecule has 0 saturated heterocycles. The molecular formula is C12H19NO. The topological polar surface area (TPSA) is 46.2 Å². The Morgan fingerprint density at radius 1 is 1.14 bits per heavy atom. The molecule has 0 saturated carbocycles. The van der Waals surface area contributed by atoms with Crippen molar-refractivity contribution in [3.05, 3.63) is 35.9 Å². The number of benzene rings is 1. The van der Waals surface area contributed by atoms with Crippen LogP contribution >= 0.6 is 0 Å². The van der Waals surface area contributed by atoms with Crippen LogP contribution < -0.4 is 5.73 Å². The van der Waals surface area contributed by atoms with Gasteiger partial charge in [0.05, 0.1) is 0 Å². The zero-order chi connectivity index (χ0) is 10.8. The second kappa shape index (κ2) is 3.71. The van der Waals surface area contributed by atoms with Gasteiger partial charge in [0.2, 0.25) is 0 Å². The number of hydrogen-bond acceptors (Lipinski definition) is 2. The fourth-order valence-electron chi connectivity index (χ4n) is 1.29. The molecule has 78 valence electrons. The quantitative estimate of drug-likeness (QED) is 0.720. The predicted octanol–water partition coefficient (Wildman–Crippen LogP) is 1.92. The maximum Gasteiger partial charge on any atom is 0.116 e. The molecule has 0 aliphatic rings. The van der Waals surface area contributed by atoms with E-state index in [1.807, 2.05) is 44.2 Å². The van der Waals surface area contributed by atoms with E-state index in [4.69, 9.17) is 5.73 Å². The largest absolute Gasteiger partial charge is 0.376 e. The fraction of sp³-hybridized carbons (Fsp3) is 0.500. The molecule has 1 aromatic rings. The van der Waals surface area contributed by atoms with E-state index in [1.165, 1.54) is 5.56 Å². The van der Waals surface area contributed by atoms with E-state index in [0.717, 1.165) is 6.42 Å². The second-order valence-electron chi connectivity index (χ2n) is 4.69. The van der Waals surface area contributed by atoms with Crippen molar-refractivity contribution in [1.29, 1.82) is 0 Å². The van der Waals surface area contributed by atoms with E-state index in [1.54, 1.807) is 6.92 Å². The summed E-state index contributed by atoms with van der Waals surface area (Å²) in [5, 5.41) is 9.78. The normalized spacial score (nSPS) is 16.4. The number of hydrogen-bond donors (Lipinski definition) is 2. The Labute approximate surface area is 85.8 Å². The Kier molecular flexibility index (Phi) is 2.98. The third-order valence-corrected chi connectivity index (χ3v) is 2.86. The molecule has 1 atom stereocenters. The summed E-state index contributed by atoms with van der Waals surface area (Å²) in [6, 6.07) is 10.1. The summed E-state index contributed by atoms with van der Waals surface area (Å²) >= 11 is 0. The third kappa shape index (κ3) is 2.56. The van der Waals surface area contributed by atoms with Crippen molar-refractivity contribution in [3.63, 3.8) is 0 Å². The summed E-state index contributed by atoms with van der Waals surface area (Å²) in [5.41, 5.74) is 5.44. The molecule has 3 N–H and O–H groups in total. The SMILES string of the molecule is CC(N)(O)C(C)(C)Cc1ccccc1. The van der Waals surface area contributed by atoms with Gasteiger partial charge in [-0.1, -0.05) is 44.2 Å². The lowest BCUT2D eigenvalue weighted by Crippen LogP contribution is -2.51. The number of nitrogens with two attached hydrogens (primary N) is 1. The molecular weight excluding hydrogens is 174 g/mol. The molecule has 0 aliphatic heterocycles. The Balaban J connectivity index is 2.79. The summed E-state index contributed by atoms with van der Waals surface area (Å²) in [6.07, 6.45) is 0.775. The van der Waals surface area contributed by atoms with Gasteiger partial charge >= 0.3 is 0 Å². The van der Waals surface area contributed by atoms with Crippen molar-refractivity contribution < 1.29 is 5.11 Å². The molecule has 1 rings (SSSR count). The van der Waals surface area contributed by atoms with Crippen molar-refractivity contribution in [3.8, 4) is 0 Å². The Bertz CT molecular complexity index is 285. The lowest BCUT2D eigenvalue weighted by molar-refractivity contribution is -0.0456. The highest BCUT2D eigenvalue weighted by Gasteiger charge is 2.35. The number of aliphatic hydroxyl groups is 1. The van der Waals surface area contributed by atoms with Gasteiger partial charge in [-0.15, -0.1) is 0 Å². The van der Waals surface area contributed by atoms with Gasteiger partial charge in [0.1, 0.15) is 5.72 Å². The first-order valence-corrected chi connectivity index (χ1v) is 4.88. The molecule has 14 heavy (non-hydrogen) atoms. The minimum Gasteiger partial charge on any atom is -0.376 e. The zero-order valence-electron chi connectivity index (χ0n) is 9.12. The van der Waals surface area contributed by atoms with Crippen LogP contribution in [-0.2, 0) is 6.42 Å². The Morgan fingerprint density at radius 3 is 2.07 bits per heavy atom. The average molecular weight is 193 g/mol. The van der Waals surface area contributed by atoms with E-state index >= 15 is 0 Å². The maximum absolute atomic E-state index is 9.78. The summed E-state index contributed by atoms with van der Waals surface area (Å²) < 4.78 is 0. The van der Waals surface area contributed by atoms with Gasteiger partial charge in [0, 0.05) is 5.41 Å². The van der Waals surface area contributed by atoms with Crippen LogP contribution in [0.3, 0.4) is 0 Å². The van der Waals surface area contributed by atoms with Crippen LogP contribution in [0.25, 0.3) is 0 Å².